The van der Waals surface area contributed by atoms with E-state index in [4.69, 9.17) is 0 Å². The van der Waals surface area contributed by atoms with Crippen LogP contribution in [0.5, 0.6) is 0 Å². The van der Waals surface area contributed by atoms with Crippen LogP contribution in [-0.2, 0) is 0 Å². The first kappa shape index (κ1) is 26.2. The van der Waals surface area contributed by atoms with Crippen LogP contribution in [0.4, 0.5) is 0 Å². The van der Waals surface area contributed by atoms with Crippen molar-refractivity contribution in [2.45, 2.75) is 136 Å². The van der Waals surface area contributed by atoms with Crippen LogP contribution in [0.2, 0.25) is 0 Å². The lowest BCUT2D eigenvalue weighted by molar-refractivity contribution is 0.265. The van der Waals surface area contributed by atoms with Gasteiger partial charge in [0.1, 0.15) is 0 Å². The Morgan fingerprint density at radius 1 is 0.714 bits per heavy atom. The molecule has 0 bridgehead atoms. The summed E-state index contributed by atoms with van der Waals surface area (Å²) in [4.78, 5) is 0. The predicted octanol–water partition coefficient (Wildman–Crippen LogP) is 10.3. The van der Waals surface area contributed by atoms with E-state index in [0.29, 0.717) is 0 Å². The van der Waals surface area contributed by atoms with Gasteiger partial charge in [-0.05, 0) is 43.4 Å². The summed E-state index contributed by atoms with van der Waals surface area (Å²) in [5, 5.41) is 0. The van der Waals surface area contributed by atoms with Crippen molar-refractivity contribution in [3.05, 3.63) is 11.9 Å². The Morgan fingerprint density at radius 3 is 1.75 bits per heavy atom. The van der Waals surface area contributed by atoms with Crippen LogP contribution in [0.15, 0.2) is 11.9 Å². The number of hydrogen-bond acceptors (Lipinski definition) is 0. The van der Waals surface area contributed by atoms with Crippen LogP contribution >= 0.6 is 7.92 Å². The SMILES string of the molecule is CCCCCCCCP(C=CCC(C)C1CCCCC1)CCCCCCCC. The van der Waals surface area contributed by atoms with Gasteiger partial charge in [-0.15, -0.1) is 0 Å². The Labute approximate surface area is 180 Å². The minimum Gasteiger partial charge on any atom is -0.0838 e. The Morgan fingerprint density at radius 2 is 1.21 bits per heavy atom. The van der Waals surface area contributed by atoms with Gasteiger partial charge < -0.3 is 0 Å². The molecule has 1 rings (SSSR count). The summed E-state index contributed by atoms with van der Waals surface area (Å²) in [5.74, 6) is 4.63. The van der Waals surface area contributed by atoms with E-state index in [1.165, 1.54) is 128 Å². The third kappa shape index (κ3) is 14.2. The molecule has 1 unspecified atom stereocenters. The minimum absolute atomic E-state index is 0.162. The monoisotopic (exact) mass is 408 g/mol. The van der Waals surface area contributed by atoms with E-state index in [1.54, 1.807) is 0 Å². The summed E-state index contributed by atoms with van der Waals surface area (Å²) in [6, 6.07) is 0. The molecule has 1 atom stereocenters. The lowest BCUT2D eigenvalue weighted by atomic mass is 9.79. The summed E-state index contributed by atoms with van der Waals surface area (Å²) >= 11 is 0. The van der Waals surface area contributed by atoms with Crippen LogP contribution in [0.25, 0.3) is 0 Å². The van der Waals surface area contributed by atoms with Crippen molar-refractivity contribution in [1.82, 2.24) is 0 Å². The van der Waals surface area contributed by atoms with Crippen molar-refractivity contribution in [3.63, 3.8) is 0 Å². The van der Waals surface area contributed by atoms with E-state index in [2.05, 4.69) is 32.7 Å². The van der Waals surface area contributed by atoms with E-state index in [1.807, 2.05) is 0 Å². The molecule has 0 aliphatic heterocycles. The molecule has 0 radical (unpaired) electrons. The van der Waals surface area contributed by atoms with Gasteiger partial charge in [-0.2, -0.15) is 0 Å². The van der Waals surface area contributed by atoms with Crippen LogP contribution in [0.3, 0.4) is 0 Å². The molecule has 0 aromatic rings. The van der Waals surface area contributed by atoms with Crippen molar-refractivity contribution in [2.75, 3.05) is 12.3 Å². The van der Waals surface area contributed by atoms with Crippen molar-refractivity contribution in [2.24, 2.45) is 11.8 Å². The highest BCUT2D eigenvalue weighted by Gasteiger charge is 2.18. The maximum Gasteiger partial charge on any atom is -0.0291 e. The second kappa shape index (κ2) is 19.2. The molecular formula is C27H53P. The third-order valence-electron chi connectivity index (χ3n) is 6.88. The van der Waals surface area contributed by atoms with Gasteiger partial charge in [-0.3, -0.25) is 0 Å². The second-order valence-electron chi connectivity index (χ2n) is 9.57. The molecule has 0 spiro atoms. The molecule has 1 fully saturated rings. The fourth-order valence-electron chi connectivity index (χ4n) is 4.77. The Hall–Kier alpha value is 0.170. The Kier molecular flexibility index (Phi) is 17.9. The van der Waals surface area contributed by atoms with E-state index in [-0.39, 0.29) is 7.92 Å². The molecular weight excluding hydrogens is 355 g/mol. The average Bonchev–Trinajstić information content (AvgIpc) is 2.73. The molecule has 1 aliphatic carbocycles. The molecule has 0 amide bonds. The quantitative estimate of drug-likeness (QED) is 0.156. The first-order valence-electron chi connectivity index (χ1n) is 13.2. The first-order chi connectivity index (χ1) is 13.8. The van der Waals surface area contributed by atoms with Gasteiger partial charge >= 0.3 is 0 Å². The van der Waals surface area contributed by atoms with Crippen molar-refractivity contribution in [3.8, 4) is 0 Å². The normalized spacial score (nSPS) is 17.0. The fraction of sp³-hybridized carbons (Fsp3) is 0.926. The van der Waals surface area contributed by atoms with E-state index < -0.39 is 0 Å². The molecule has 0 nitrogen and oxygen atoms in total. The lowest BCUT2D eigenvalue weighted by Crippen LogP contribution is -2.14. The Balaban J connectivity index is 2.28. The molecule has 1 aliphatic rings. The molecule has 0 aromatic heterocycles. The summed E-state index contributed by atoms with van der Waals surface area (Å²) < 4.78 is 0. The zero-order valence-corrected chi connectivity index (χ0v) is 20.8. The topological polar surface area (TPSA) is 0 Å². The van der Waals surface area contributed by atoms with Crippen molar-refractivity contribution < 1.29 is 0 Å². The second-order valence-corrected chi connectivity index (χ2v) is 11.9. The third-order valence-corrected chi connectivity index (χ3v) is 9.29. The van der Waals surface area contributed by atoms with Crippen molar-refractivity contribution >= 4 is 7.92 Å². The molecule has 28 heavy (non-hydrogen) atoms. The molecule has 1 heteroatoms. The van der Waals surface area contributed by atoms with E-state index in [9.17, 15) is 0 Å². The highest BCUT2D eigenvalue weighted by Crippen LogP contribution is 2.41. The summed E-state index contributed by atoms with van der Waals surface area (Å²) in [7, 11) is 0.162. The van der Waals surface area contributed by atoms with Gasteiger partial charge in [0, 0.05) is 0 Å². The highest BCUT2D eigenvalue weighted by atomic mass is 31.1. The molecule has 166 valence electrons. The standard InChI is InChI=1S/C27H53P/c1-4-6-8-10-12-17-23-28(24-18-13-11-9-7-5-2)25-19-20-26(3)27-21-15-14-16-22-27/h19,25-27H,4-18,20-24H2,1-3H3. The number of hydrogen-bond donors (Lipinski definition) is 0. The van der Waals surface area contributed by atoms with Gasteiger partial charge in [0.15, 0.2) is 0 Å². The summed E-state index contributed by atoms with van der Waals surface area (Å²) in [6.07, 6.45) is 31.8. The maximum absolute atomic E-state index is 2.70. The highest BCUT2D eigenvalue weighted by molar-refractivity contribution is 7.60. The van der Waals surface area contributed by atoms with Crippen molar-refractivity contribution in [1.29, 1.82) is 0 Å². The minimum atomic E-state index is 0.162. The van der Waals surface area contributed by atoms with Gasteiger partial charge in [0.25, 0.3) is 0 Å². The van der Waals surface area contributed by atoms with Crippen LogP contribution in [0.1, 0.15) is 136 Å². The maximum atomic E-state index is 2.70. The van der Waals surface area contributed by atoms with E-state index in [0.717, 1.165) is 11.8 Å². The Bertz CT molecular complexity index is 326. The predicted molar refractivity (Wildman–Crippen MR) is 133 cm³/mol. The number of unbranched alkanes of at least 4 members (excludes halogenated alkanes) is 10. The van der Waals surface area contributed by atoms with Crippen LogP contribution < -0.4 is 0 Å². The number of rotatable bonds is 18. The van der Waals surface area contributed by atoms with Gasteiger partial charge in [0.05, 0.1) is 0 Å². The van der Waals surface area contributed by atoms with Gasteiger partial charge in [-0.1, -0.05) is 137 Å². The molecule has 1 saturated carbocycles. The first-order valence-corrected chi connectivity index (χ1v) is 15.0. The molecule has 0 N–H and O–H groups in total. The molecule has 0 heterocycles. The van der Waals surface area contributed by atoms with Crippen LogP contribution in [-0.4, -0.2) is 12.3 Å². The van der Waals surface area contributed by atoms with Gasteiger partial charge in [0.2, 0.25) is 0 Å². The van der Waals surface area contributed by atoms with Gasteiger partial charge in [-0.25, -0.2) is 0 Å². The average molecular weight is 409 g/mol. The zero-order chi connectivity index (χ0) is 20.3. The zero-order valence-electron chi connectivity index (χ0n) is 19.9. The molecule has 0 aromatic carbocycles. The summed E-state index contributed by atoms with van der Waals surface area (Å²) in [6.45, 7) is 7.15. The fourth-order valence-corrected chi connectivity index (χ4v) is 6.97. The summed E-state index contributed by atoms with van der Waals surface area (Å²) in [5.41, 5.74) is 0. The smallest absolute Gasteiger partial charge is 0.0291 e. The number of allylic oxidation sites excluding steroid dienone is 1. The molecule has 0 saturated heterocycles. The van der Waals surface area contributed by atoms with E-state index >= 15 is 0 Å². The largest absolute Gasteiger partial charge is 0.0838 e. The van der Waals surface area contributed by atoms with Crippen LogP contribution in [0, 0.1) is 11.8 Å². The lowest BCUT2D eigenvalue weighted by Gasteiger charge is -2.27.